The second-order valence-corrected chi connectivity index (χ2v) is 7.41. The fraction of sp³-hybridized carbons (Fsp3) is 0.889. The molecule has 0 aromatic heterocycles. The molecule has 1 rings (SSSR count). The summed E-state index contributed by atoms with van der Waals surface area (Å²) >= 11 is 1.06. The van der Waals surface area contributed by atoms with Gasteiger partial charge in [-0.1, -0.05) is 13.8 Å². The topological polar surface area (TPSA) is 70.0 Å². The number of nitrogens with one attached hydrogen (secondary N) is 1. The van der Waals surface area contributed by atoms with Crippen LogP contribution in [0.5, 0.6) is 0 Å². The van der Waals surface area contributed by atoms with Crippen molar-refractivity contribution in [3.05, 3.63) is 0 Å². The van der Waals surface area contributed by atoms with Crippen LogP contribution in [0.3, 0.4) is 0 Å². The average molecular weight is 248 g/mol. The van der Waals surface area contributed by atoms with Crippen LogP contribution in [0.15, 0.2) is 0 Å². The van der Waals surface area contributed by atoms with Crippen LogP contribution in [0.1, 0.15) is 13.8 Å². The summed E-state index contributed by atoms with van der Waals surface area (Å²) in [7, 11) is -2.95. The van der Waals surface area contributed by atoms with E-state index in [0.29, 0.717) is 5.92 Å². The van der Waals surface area contributed by atoms with E-state index in [1.807, 2.05) is 5.40 Å². The first-order chi connectivity index (χ1) is 6.94. The van der Waals surface area contributed by atoms with Crippen molar-refractivity contribution in [3.8, 4) is 5.40 Å². The first-order valence-electron chi connectivity index (χ1n) is 4.93. The Morgan fingerprint density at radius 3 is 2.73 bits per heavy atom. The van der Waals surface area contributed by atoms with Gasteiger partial charge in [-0.3, -0.25) is 0 Å². The highest BCUT2D eigenvalue weighted by Gasteiger charge is 2.37. The molecular formula is C9H16N2O2S2. The van der Waals surface area contributed by atoms with E-state index in [-0.39, 0.29) is 22.8 Å². The summed E-state index contributed by atoms with van der Waals surface area (Å²) in [5.74, 6) is 0.779. The summed E-state index contributed by atoms with van der Waals surface area (Å²) in [6, 6.07) is -0.0675. The number of nitriles is 1. The molecule has 1 saturated heterocycles. The minimum absolute atomic E-state index is 0.0675. The number of thioether (sulfide) groups is 1. The first kappa shape index (κ1) is 12.8. The third-order valence-corrected chi connectivity index (χ3v) is 5.14. The smallest absolute Gasteiger partial charge is 0.153 e. The van der Waals surface area contributed by atoms with Crippen LogP contribution >= 0.6 is 11.8 Å². The Balaban J connectivity index is 2.58. The highest BCUT2D eigenvalue weighted by atomic mass is 32.2. The molecule has 0 bridgehead atoms. The Kier molecular flexibility index (Phi) is 4.44. The molecular weight excluding hydrogens is 232 g/mol. The molecule has 4 nitrogen and oxygen atoms in total. The highest BCUT2D eigenvalue weighted by molar-refractivity contribution is 8.05. The van der Waals surface area contributed by atoms with Crippen molar-refractivity contribution in [2.45, 2.75) is 25.1 Å². The Bertz CT molecular complexity index is 346. The van der Waals surface area contributed by atoms with Gasteiger partial charge in [-0.15, -0.1) is 0 Å². The summed E-state index contributed by atoms with van der Waals surface area (Å²) in [6.07, 6.45) is 0. The summed E-state index contributed by atoms with van der Waals surface area (Å²) in [5, 5.41) is 13.7. The zero-order valence-electron chi connectivity index (χ0n) is 8.93. The molecule has 1 aliphatic heterocycles. The molecule has 1 heterocycles. The molecule has 1 N–H and O–H groups in total. The molecule has 1 aliphatic rings. The average Bonchev–Trinajstić information content (AvgIpc) is 2.38. The van der Waals surface area contributed by atoms with Crippen LogP contribution in [0.4, 0.5) is 0 Å². The Morgan fingerprint density at radius 1 is 1.53 bits per heavy atom. The standard InChI is InChI=1S/C9H16N2O2S2/c1-7(2)3-11-8-4-15(12,13)5-9(8)14-6-10/h7-9,11H,3-5H2,1-2H3. The molecule has 15 heavy (non-hydrogen) atoms. The molecule has 0 aliphatic carbocycles. The quantitative estimate of drug-likeness (QED) is 0.738. The number of rotatable bonds is 4. The normalized spacial score (nSPS) is 29.2. The third kappa shape index (κ3) is 4.01. The number of hydrogen-bond donors (Lipinski definition) is 1. The Labute approximate surface area is 95.3 Å². The fourth-order valence-corrected chi connectivity index (χ4v) is 4.85. The van der Waals surface area contributed by atoms with Gasteiger partial charge in [0.1, 0.15) is 5.40 Å². The van der Waals surface area contributed by atoms with E-state index < -0.39 is 9.84 Å². The summed E-state index contributed by atoms with van der Waals surface area (Å²) < 4.78 is 22.8. The molecule has 6 heteroatoms. The van der Waals surface area contributed by atoms with Crippen LogP contribution in [0, 0.1) is 16.6 Å². The van der Waals surface area contributed by atoms with Crippen molar-refractivity contribution >= 4 is 21.6 Å². The maximum absolute atomic E-state index is 11.4. The van der Waals surface area contributed by atoms with E-state index in [0.717, 1.165) is 18.3 Å². The molecule has 0 saturated carbocycles. The summed E-state index contributed by atoms with van der Waals surface area (Å²) in [4.78, 5) is 0. The Hall–Kier alpha value is -0.250. The molecule has 1 fully saturated rings. The minimum atomic E-state index is -2.95. The van der Waals surface area contributed by atoms with Crippen molar-refractivity contribution in [2.75, 3.05) is 18.1 Å². The number of sulfone groups is 1. The lowest BCUT2D eigenvalue weighted by atomic mass is 10.2. The third-order valence-electron chi connectivity index (χ3n) is 2.29. The lowest BCUT2D eigenvalue weighted by Gasteiger charge is -2.17. The van der Waals surface area contributed by atoms with Gasteiger partial charge in [-0.25, -0.2) is 8.42 Å². The van der Waals surface area contributed by atoms with Crippen molar-refractivity contribution in [1.29, 1.82) is 5.26 Å². The maximum atomic E-state index is 11.4. The van der Waals surface area contributed by atoms with Crippen molar-refractivity contribution < 1.29 is 8.42 Å². The highest BCUT2D eigenvalue weighted by Crippen LogP contribution is 2.24. The van der Waals surface area contributed by atoms with Gasteiger partial charge in [0.2, 0.25) is 0 Å². The predicted molar refractivity (Wildman–Crippen MR) is 62.3 cm³/mol. The van der Waals surface area contributed by atoms with Gasteiger partial charge in [0.25, 0.3) is 0 Å². The summed E-state index contributed by atoms with van der Waals surface area (Å²) in [5.41, 5.74) is 0. The molecule has 0 spiro atoms. The lowest BCUT2D eigenvalue weighted by Crippen LogP contribution is -2.39. The molecule has 0 amide bonds. The second kappa shape index (κ2) is 5.19. The first-order valence-corrected chi connectivity index (χ1v) is 7.63. The molecule has 2 unspecified atom stereocenters. The second-order valence-electron chi connectivity index (χ2n) is 4.23. The number of thiocyanates is 1. The summed E-state index contributed by atoms with van der Waals surface area (Å²) in [6.45, 7) is 4.94. The van der Waals surface area contributed by atoms with Crippen LogP contribution in [0.25, 0.3) is 0 Å². The van der Waals surface area contributed by atoms with E-state index in [4.69, 9.17) is 5.26 Å². The molecule has 0 aromatic carbocycles. The molecule has 0 aromatic rings. The van der Waals surface area contributed by atoms with Crippen LogP contribution in [0.2, 0.25) is 0 Å². The van der Waals surface area contributed by atoms with Crippen LogP contribution in [-0.4, -0.2) is 37.8 Å². The van der Waals surface area contributed by atoms with Gasteiger partial charge in [0.15, 0.2) is 9.84 Å². The predicted octanol–water partition coefficient (Wildman–Crippen LogP) is 0.612. The zero-order valence-corrected chi connectivity index (χ0v) is 10.6. The van der Waals surface area contributed by atoms with E-state index in [9.17, 15) is 8.42 Å². The van der Waals surface area contributed by atoms with Crippen molar-refractivity contribution in [3.63, 3.8) is 0 Å². The fourth-order valence-electron chi connectivity index (χ4n) is 1.58. The van der Waals surface area contributed by atoms with Crippen LogP contribution in [-0.2, 0) is 9.84 Å². The van der Waals surface area contributed by atoms with Gasteiger partial charge < -0.3 is 5.32 Å². The Morgan fingerprint density at radius 2 is 2.20 bits per heavy atom. The van der Waals surface area contributed by atoms with E-state index in [1.54, 1.807) is 0 Å². The molecule has 2 atom stereocenters. The maximum Gasteiger partial charge on any atom is 0.153 e. The van der Waals surface area contributed by atoms with Gasteiger partial charge in [0.05, 0.1) is 11.5 Å². The molecule has 86 valence electrons. The van der Waals surface area contributed by atoms with E-state index in [1.165, 1.54) is 0 Å². The zero-order chi connectivity index (χ0) is 11.5. The number of hydrogen-bond acceptors (Lipinski definition) is 5. The van der Waals surface area contributed by atoms with Gasteiger partial charge >= 0.3 is 0 Å². The van der Waals surface area contributed by atoms with E-state index >= 15 is 0 Å². The van der Waals surface area contributed by atoms with E-state index in [2.05, 4.69) is 19.2 Å². The number of nitrogens with zero attached hydrogens (tertiary/aromatic N) is 1. The SMILES string of the molecule is CC(C)CNC1CS(=O)(=O)CC1SC#N. The van der Waals surface area contributed by atoms with Gasteiger partial charge in [-0.2, -0.15) is 5.26 Å². The monoisotopic (exact) mass is 248 g/mol. The van der Waals surface area contributed by atoms with Crippen molar-refractivity contribution in [1.82, 2.24) is 5.32 Å². The van der Waals surface area contributed by atoms with Crippen LogP contribution < -0.4 is 5.32 Å². The van der Waals surface area contributed by atoms with Gasteiger partial charge in [0, 0.05) is 11.3 Å². The van der Waals surface area contributed by atoms with Gasteiger partial charge in [-0.05, 0) is 24.2 Å². The minimum Gasteiger partial charge on any atom is -0.312 e. The molecule has 0 radical (unpaired) electrons. The largest absolute Gasteiger partial charge is 0.312 e. The van der Waals surface area contributed by atoms with Crippen molar-refractivity contribution in [2.24, 2.45) is 5.92 Å². The lowest BCUT2D eigenvalue weighted by molar-refractivity contribution is 0.493.